The summed E-state index contributed by atoms with van der Waals surface area (Å²) in [6, 6.07) is 8.42. The van der Waals surface area contributed by atoms with Crippen LogP contribution < -0.4 is 0 Å². The van der Waals surface area contributed by atoms with Gasteiger partial charge in [0.25, 0.3) is 0 Å². The van der Waals surface area contributed by atoms with Crippen LogP contribution in [0.4, 0.5) is 0 Å². The van der Waals surface area contributed by atoms with Crippen molar-refractivity contribution in [2.45, 2.75) is 134 Å². The highest BCUT2D eigenvalue weighted by molar-refractivity contribution is 5.96. The van der Waals surface area contributed by atoms with Gasteiger partial charge in [0, 0.05) is 51.6 Å². The molecule has 1 aromatic heterocycles. The van der Waals surface area contributed by atoms with Crippen LogP contribution in [-0.4, -0.2) is 15.5 Å². The zero-order chi connectivity index (χ0) is 37.2. The van der Waals surface area contributed by atoms with Crippen LogP contribution in [0.15, 0.2) is 125 Å². The topological polar surface area (TPSA) is 8.17 Å². The minimum Gasteiger partial charge on any atom is -0.342 e. The third-order valence-corrected chi connectivity index (χ3v) is 15.7. The van der Waals surface area contributed by atoms with E-state index >= 15 is 0 Å². The molecule has 2 heterocycles. The van der Waals surface area contributed by atoms with Gasteiger partial charge in [0.15, 0.2) is 0 Å². The molecule has 11 rings (SSSR count). The Hall–Kier alpha value is -4.04. The zero-order valence-corrected chi connectivity index (χ0v) is 33.9. The Morgan fingerprint density at radius 3 is 2.59 bits per heavy atom. The van der Waals surface area contributed by atoms with Crippen molar-refractivity contribution in [3.8, 4) is 0 Å². The number of likely N-dealkylation sites (tertiary alicyclic amines) is 1. The third-order valence-electron chi connectivity index (χ3n) is 15.7. The van der Waals surface area contributed by atoms with Gasteiger partial charge in [0.2, 0.25) is 0 Å². The van der Waals surface area contributed by atoms with Crippen LogP contribution in [-0.2, 0) is 6.42 Å². The van der Waals surface area contributed by atoms with Gasteiger partial charge in [-0.15, -0.1) is 0 Å². The Balaban J connectivity index is 0.952. The van der Waals surface area contributed by atoms with Crippen molar-refractivity contribution in [1.82, 2.24) is 9.47 Å². The average molecular weight is 739 g/mol. The standard InChI is InChI=1S/C54H62N2/c1-36-24-27-51-47(30-36)49-33-42(25-28-52(49)55(51)44-21-13-20-40(31-44)37-14-5-2-6-15-37)41-26-29-53-48(32-41)45-22-11-12-23-50(45)56(53)54-35-43(38-16-7-3-8-17-38)34-46(54)39-18-9-4-10-19-39/h3,5,7-8,11,14,16,18,21-22,26,28-29,31-32,35-38,42,47,49,51H,2,4,6,9-10,12-13,15,17,19-20,23-25,27,30,33-34H2,1H3. The molecular formula is C54H62N2. The van der Waals surface area contributed by atoms with Crippen LogP contribution in [0.2, 0.25) is 0 Å². The highest BCUT2D eigenvalue weighted by Crippen LogP contribution is 2.55. The molecule has 2 fully saturated rings. The molecule has 9 aliphatic rings. The molecule has 0 bridgehead atoms. The lowest BCUT2D eigenvalue weighted by Gasteiger charge is -2.37. The molecule has 0 spiro atoms. The van der Waals surface area contributed by atoms with Crippen molar-refractivity contribution in [2.75, 3.05) is 0 Å². The van der Waals surface area contributed by atoms with Crippen molar-refractivity contribution in [3.05, 3.63) is 142 Å². The molecule has 7 atom stereocenters. The van der Waals surface area contributed by atoms with Crippen molar-refractivity contribution in [3.63, 3.8) is 0 Å². The smallest absolute Gasteiger partial charge is 0.0538 e. The minimum absolute atomic E-state index is 0.518. The van der Waals surface area contributed by atoms with Crippen LogP contribution in [0.1, 0.15) is 139 Å². The summed E-state index contributed by atoms with van der Waals surface area (Å²) in [5.41, 5.74) is 17.3. The van der Waals surface area contributed by atoms with E-state index in [2.05, 4.69) is 114 Å². The molecule has 0 N–H and O–H groups in total. The van der Waals surface area contributed by atoms with E-state index in [1.54, 1.807) is 39.2 Å². The fourth-order valence-corrected chi connectivity index (χ4v) is 12.9. The first-order valence-electron chi connectivity index (χ1n) is 23.0. The Kier molecular flexibility index (Phi) is 9.24. The molecule has 1 saturated heterocycles. The number of rotatable bonds is 6. The molecule has 2 aromatic rings. The van der Waals surface area contributed by atoms with Gasteiger partial charge in [-0.05, 0) is 180 Å². The lowest BCUT2D eigenvalue weighted by Crippen LogP contribution is -2.36. The summed E-state index contributed by atoms with van der Waals surface area (Å²) in [5, 5.41) is 1.48. The maximum atomic E-state index is 2.91. The number of hydrogen-bond donors (Lipinski definition) is 0. The van der Waals surface area contributed by atoms with Crippen LogP contribution >= 0.6 is 0 Å². The second kappa shape index (κ2) is 14.7. The van der Waals surface area contributed by atoms with E-state index in [0.717, 1.165) is 43.9 Å². The first-order chi connectivity index (χ1) is 27.7. The summed E-state index contributed by atoms with van der Waals surface area (Å²) in [5.74, 6) is 4.05. The van der Waals surface area contributed by atoms with Gasteiger partial charge in [-0.3, -0.25) is 0 Å². The zero-order valence-electron chi connectivity index (χ0n) is 33.9. The molecule has 1 aliphatic heterocycles. The molecule has 56 heavy (non-hydrogen) atoms. The number of nitrogens with zero attached hydrogens (tertiary/aromatic N) is 2. The lowest BCUT2D eigenvalue weighted by atomic mass is 9.70. The summed E-state index contributed by atoms with van der Waals surface area (Å²) in [6.45, 7) is 2.53. The van der Waals surface area contributed by atoms with Crippen LogP contribution in [0.25, 0.3) is 22.7 Å². The Labute approximate surface area is 336 Å². The van der Waals surface area contributed by atoms with E-state index in [0.29, 0.717) is 29.7 Å². The molecule has 0 amide bonds. The SMILES string of the molecule is CC1CCC2C(C1)C1CC(c3ccc4c(c3)c3c(n4C4=C(C5=CCCCC5)CC(C5C=CC=CC5)=C4)CCC=C3)CC=C1N2C1=CCCC(C2C=CCCC2)=C1. The fraction of sp³-hybridized carbons (Fsp3) is 0.481. The van der Waals surface area contributed by atoms with Gasteiger partial charge in [-0.25, -0.2) is 0 Å². The summed E-state index contributed by atoms with van der Waals surface area (Å²) in [7, 11) is 0. The lowest BCUT2D eigenvalue weighted by molar-refractivity contribution is 0.174. The fourth-order valence-electron chi connectivity index (χ4n) is 12.9. The third kappa shape index (κ3) is 6.11. The van der Waals surface area contributed by atoms with Gasteiger partial charge in [-0.1, -0.05) is 91.0 Å². The number of fused-ring (bicyclic) bond motifs is 6. The number of allylic oxidation sites excluding steroid dienone is 18. The number of aromatic nitrogens is 1. The Bertz CT molecular complexity index is 2230. The maximum Gasteiger partial charge on any atom is 0.0538 e. The second-order valence-corrected chi connectivity index (χ2v) is 19.1. The predicted octanol–water partition coefficient (Wildman–Crippen LogP) is 14.2. The van der Waals surface area contributed by atoms with E-state index in [-0.39, 0.29) is 0 Å². The summed E-state index contributed by atoms with van der Waals surface area (Å²) in [4.78, 5) is 2.91. The first-order valence-corrected chi connectivity index (χ1v) is 23.0. The number of hydrogen-bond acceptors (Lipinski definition) is 1. The molecule has 288 valence electrons. The molecule has 7 unspecified atom stereocenters. The van der Waals surface area contributed by atoms with Crippen molar-refractivity contribution < 1.29 is 0 Å². The predicted molar refractivity (Wildman–Crippen MR) is 236 cm³/mol. The van der Waals surface area contributed by atoms with Gasteiger partial charge in [-0.2, -0.15) is 0 Å². The molecule has 2 nitrogen and oxygen atoms in total. The number of benzene rings is 1. The normalized spacial score (nSPS) is 32.5. The van der Waals surface area contributed by atoms with Crippen LogP contribution in [0, 0.1) is 29.6 Å². The maximum absolute atomic E-state index is 2.91. The first kappa shape index (κ1) is 35.1. The molecule has 1 saturated carbocycles. The molecule has 8 aliphatic carbocycles. The van der Waals surface area contributed by atoms with E-state index < -0.39 is 0 Å². The van der Waals surface area contributed by atoms with Crippen molar-refractivity contribution >= 4 is 22.7 Å². The summed E-state index contributed by atoms with van der Waals surface area (Å²) >= 11 is 0. The Morgan fingerprint density at radius 2 is 1.71 bits per heavy atom. The Morgan fingerprint density at radius 1 is 0.732 bits per heavy atom. The quantitative estimate of drug-likeness (QED) is 0.268. The van der Waals surface area contributed by atoms with E-state index in [4.69, 9.17) is 0 Å². The molecule has 0 radical (unpaired) electrons. The minimum atomic E-state index is 0.518. The van der Waals surface area contributed by atoms with Gasteiger partial charge >= 0.3 is 0 Å². The highest BCUT2D eigenvalue weighted by Gasteiger charge is 2.49. The molecular weight excluding hydrogens is 677 g/mol. The second-order valence-electron chi connectivity index (χ2n) is 19.1. The summed E-state index contributed by atoms with van der Waals surface area (Å²) in [6.07, 6.45) is 55.0. The highest BCUT2D eigenvalue weighted by atomic mass is 15.2. The van der Waals surface area contributed by atoms with E-state index in [9.17, 15) is 0 Å². The van der Waals surface area contributed by atoms with E-state index in [1.807, 2.05) is 0 Å². The monoisotopic (exact) mass is 738 g/mol. The van der Waals surface area contributed by atoms with Crippen LogP contribution in [0.3, 0.4) is 0 Å². The largest absolute Gasteiger partial charge is 0.342 e. The van der Waals surface area contributed by atoms with E-state index in [1.165, 1.54) is 111 Å². The molecule has 2 heteroatoms. The van der Waals surface area contributed by atoms with Crippen molar-refractivity contribution in [2.24, 2.45) is 29.6 Å². The van der Waals surface area contributed by atoms with Crippen molar-refractivity contribution in [1.29, 1.82) is 0 Å². The molecule has 1 aromatic carbocycles. The van der Waals surface area contributed by atoms with Gasteiger partial charge in [0.05, 0.1) is 5.52 Å². The average Bonchev–Trinajstić information content (AvgIpc) is 3.94. The van der Waals surface area contributed by atoms with Gasteiger partial charge in [0.1, 0.15) is 0 Å². The summed E-state index contributed by atoms with van der Waals surface area (Å²) < 4.78 is 2.74. The van der Waals surface area contributed by atoms with Crippen LogP contribution in [0.5, 0.6) is 0 Å². The van der Waals surface area contributed by atoms with Gasteiger partial charge < -0.3 is 9.47 Å².